The Bertz CT molecular complexity index is 473. The second-order valence-corrected chi connectivity index (χ2v) is 2.51. The Labute approximate surface area is 77.2 Å². The smallest absolute Gasteiger partial charge is 0.399 e. The fraction of sp³-hybridized carbons (Fsp3) is 0. The summed E-state index contributed by atoms with van der Waals surface area (Å²) in [5.41, 5.74) is 5.61. The summed E-state index contributed by atoms with van der Waals surface area (Å²) >= 11 is 0. The molecule has 2 rings (SSSR count). The van der Waals surface area contributed by atoms with E-state index in [1.807, 2.05) is 0 Å². The van der Waals surface area contributed by atoms with Crippen molar-refractivity contribution in [2.75, 3.05) is 5.73 Å². The zero-order valence-corrected chi connectivity index (χ0v) is 6.84. The van der Waals surface area contributed by atoms with E-state index in [-0.39, 0.29) is 17.5 Å². The van der Waals surface area contributed by atoms with E-state index in [2.05, 4.69) is 9.68 Å². The average molecular weight is 195 g/mol. The monoisotopic (exact) mass is 195 g/mol. The van der Waals surface area contributed by atoms with Crippen LogP contribution < -0.4 is 5.73 Å². The van der Waals surface area contributed by atoms with E-state index >= 15 is 0 Å². The molecule has 2 aromatic heterocycles. The molecule has 0 fully saturated rings. The maximum Gasteiger partial charge on any atom is 0.433 e. The van der Waals surface area contributed by atoms with Crippen LogP contribution in [0.2, 0.25) is 0 Å². The molecule has 0 spiro atoms. The molecule has 0 saturated carbocycles. The lowest BCUT2D eigenvalue weighted by atomic mass is 10.3. The van der Waals surface area contributed by atoms with E-state index in [9.17, 15) is 10.1 Å². The van der Waals surface area contributed by atoms with Crippen LogP contribution in [-0.2, 0) is 0 Å². The van der Waals surface area contributed by atoms with Gasteiger partial charge in [0.2, 0.25) is 5.88 Å². The first-order chi connectivity index (χ1) is 6.66. The first-order valence-electron chi connectivity index (χ1n) is 3.63. The second-order valence-electron chi connectivity index (χ2n) is 2.51. The summed E-state index contributed by atoms with van der Waals surface area (Å²) in [5, 5.41) is 13.8. The third-order valence-corrected chi connectivity index (χ3v) is 1.55. The molecular formula is C7H5N3O4. The molecule has 7 heteroatoms. The van der Waals surface area contributed by atoms with E-state index in [1.54, 1.807) is 0 Å². The Morgan fingerprint density at radius 1 is 1.50 bits per heavy atom. The Balaban J connectivity index is 2.38. The number of nitro groups is 1. The summed E-state index contributed by atoms with van der Waals surface area (Å²) in [6.07, 6.45) is 0. The molecule has 0 amide bonds. The van der Waals surface area contributed by atoms with Crippen molar-refractivity contribution in [1.29, 1.82) is 0 Å². The average Bonchev–Trinajstić information content (AvgIpc) is 2.70. The van der Waals surface area contributed by atoms with Gasteiger partial charge in [-0.3, -0.25) is 10.1 Å². The molecule has 0 atom stereocenters. The molecule has 72 valence electrons. The number of furan rings is 1. The van der Waals surface area contributed by atoms with Gasteiger partial charge in [-0.15, -0.1) is 0 Å². The van der Waals surface area contributed by atoms with Gasteiger partial charge < -0.3 is 14.7 Å². The number of anilines is 1. The van der Waals surface area contributed by atoms with Crippen molar-refractivity contribution >= 4 is 11.8 Å². The lowest BCUT2D eigenvalue weighted by Crippen LogP contribution is -1.82. The largest absolute Gasteiger partial charge is 0.433 e. The van der Waals surface area contributed by atoms with Crippen LogP contribution in [0.15, 0.2) is 27.1 Å². The zero-order valence-electron chi connectivity index (χ0n) is 6.84. The van der Waals surface area contributed by atoms with E-state index in [1.165, 1.54) is 18.2 Å². The van der Waals surface area contributed by atoms with Crippen LogP contribution in [-0.4, -0.2) is 10.1 Å². The Morgan fingerprint density at radius 3 is 2.79 bits per heavy atom. The molecule has 7 nitrogen and oxygen atoms in total. The normalized spacial score (nSPS) is 10.3. The van der Waals surface area contributed by atoms with Gasteiger partial charge in [0, 0.05) is 6.07 Å². The summed E-state index contributed by atoms with van der Waals surface area (Å²) < 4.78 is 9.45. The fourth-order valence-electron chi connectivity index (χ4n) is 0.969. The number of hydrogen-bond acceptors (Lipinski definition) is 6. The zero-order chi connectivity index (χ0) is 10.1. The third kappa shape index (κ3) is 1.30. The molecule has 0 aromatic carbocycles. The standard InChI is InChI=1S/C7H5N3O4/c8-6-3-4(9-14-6)5-1-2-7(13-5)10(11)12/h1-3H,8H2. The van der Waals surface area contributed by atoms with E-state index in [4.69, 9.17) is 10.2 Å². The summed E-state index contributed by atoms with van der Waals surface area (Å²) in [6, 6.07) is 4.08. The minimum absolute atomic E-state index is 0.124. The van der Waals surface area contributed by atoms with Crippen LogP contribution in [0.25, 0.3) is 11.5 Å². The predicted octanol–water partition coefficient (Wildman–Crippen LogP) is 1.42. The van der Waals surface area contributed by atoms with Gasteiger partial charge in [-0.05, 0) is 6.07 Å². The summed E-state index contributed by atoms with van der Waals surface area (Å²) in [5.74, 6) is 0.0257. The van der Waals surface area contributed by atoms with Crippen molar-refractivity contribution in [3.8, 4) is 11.5 Å². The highest BCUT2D eigenvalue weighted by molar-refractivity contribution is 5.56. The SMILES string of the molecule is Nc1cc(-c2ccc([N+](=O)[O-])o2)no1. The van der Waals surface area contributed by atoms with E-state index in [0.717, 1.165) is 0 Å². The van der Waals surface area contributed by atoms with Crippen LogP contribution in [0.3, 0.4) is 0 Å². The van der Waals surface area contributed by atoms with Crippen LogP contribution in [0.5, 0.6) is 0 Å². The van der Waals surface area contributed by atoms with E-state index in [0.29, 0.717) is 5.69 Å². The molecule has 0 bridgehead atoms. The number of hydrogen-bond donors (Lipinski definition) is 1. The highest BCUT2D eigenvalue weighted by Crippen LogP contribution is 2.25. The van der Waals surface area contributed by atoms with Crippen LogP contribution in [0.1, 0.15) is 0 Å². The first kappa shape index (κ1) is 8.30. The highest BCUT2D eigenvalue weighted by atomic mass is 16.6. The Kier molecular flexibility index (Phi) is 1.70. The van der Waals surface area contributed by atoms with Crippen molar-refractivity contribution in [2.45, 2.75) is 0 Å². The lowest BCUT2D eigenvalue weighted by Gasteiger charge is -1.84. The number of nitrogens with two attached hydrogens (primary N) is 1. The molecule has 0 unspecified atom stereocenters. The second kappa shape index (κ2) is 2.87. The molecule has 2 N–H and O–H groups in total. The molecule has 0 aliphatic heterocycles. The van der Waals surface area contributed by atoms with Crippen molar-refractivity contribution in [2.24, 2.45) is 0 Å². The number of aromatic nitrogens is 1. The van der Waals surface area contributed by atoms with Gasteiger partial charge in [0.05, 0.1) is 6.07 Å². The number of rotatable bonds is 2. The van der Waals surface area contributed by atoms with Crippen LogP contribution in [0, 0.1) is 10.1 Å². The minimum Gasteiger partial charge on any atom is -0.399 e. The molecule has 0 radical (unpaired) electrons. The highest BCUT2D eigenvalue weighted by Gasteiger charge is 2.15. The van der Waals surface area contributed by atoms with Gasteiger partial charge in [0.25, 0.3) is 0 Å². The maximum atomic E-state index is 10.3. The number of nitrogens with zero attached hydrogens (tertiary/aromatic N) is 2. The first-order valence-corrected chi connectivity index (χ1v) is 3.63. The van der Waals surface area contributed by atoms with Gasteiger partial charge in [0.1, 0.15) is 4.92 Å². The van der Waals surface area contributed by atoms with Crippen LogP contribution in [0.4, 0.5) is 11.8 Å². The van der Waals surface area contributed by atoms with Crippen molar-refractivity contribution in [1.82, 2.24) is 5.16 Å². The molecular weight excluding hydrogens is 190 g/mol. The van der Waals surface area contributed by atoms with Gasteiger partial charge in [0.15, 0.2) is 11.5 Å². The van der Waals surface area contributed by atoms with Crippen molar-refractivity contribution in [3.05, 3.63) is 28.3 Å². The van der Waals surface area contributed by atoms with Crippen molar-refractivity contribution < 1.29 is 13.9 Å². The molecule has 0 saturated heterocycles. The minimum atomic E-state index is -0.632. The van der Waals surface area contributed by atoms with Crippen molar-refractivity contribution in [3.63, 3.8) is 0 Å². The fourth-order valence-corrected chi connectivity index (χ4v) is 0.969. The Hall–Kier alpha value is -2.31. The summed E-state index contributed by atoms with van der Waals surface area (Å²) in [4.78, 5) is 9.66. The van der Waals surface area contributed by atoms with Gasteiger partial charge in [-0.2, -0.15) is 0 Å². The van der Waals surface area contributed by atoms with Gasteiger partial charge in [-0.25, -0.2) is 0 Å². The molecule has 0 aliphatic rings. The quantitative estimate of drug-likeness (QED) is 0.573. The number of nitrogen functional groups attached to an aromatic ring is 1. The predicted molar refractivity (Wildman–Crippen MR) is 45.3 cm³/mol. The summed E-state index contributed by atoms with van der Waals surface area (Å²) in [7, 11) is 0. The van der Waals surface area contributed by atoms with Crippen LogP contribution >= 0.6 is 0 Å². The van der Waals surface area contributed by atoms with Gasteiger partial charge in [-0.1, -0.05) is 5.16 Å². The lowest BCUT2D eigenvalue weighted by molar-refractivity contribution is -0.401. The maximum absolute atomic E-state index is 10.3. The van der Waals surface area contributed by atoms with Gasteiger partial charge >= 0.3 is 5.88 Å². The molecule has 0 aliphatic carbocycles. The molecule has 2 heterocycles. The molecule has 2 aromatic rings. The molecule has 14 heavy (non-hydrogen) atoms. The third-order valence-electron chi connectivity index (χ3n) is 1.55. The summed E-state index contributed by atoms with van der Waals surface area (Å²) in [6.45, 7) is 0. The van der Waals surface area contributed by atoms with E-state index < -0.39 is 4.92 Å². The Morgan fingerprint density at radius 2 is 2.29 bits per heavy atom. The topological polar surface area (TPSA) is 108 Å².